The molecule has 0 radical (unpaired) electrons. The molecule has 0 spiro atoms. The van der Waals surface area contributed by atoms with Crippen LogP contribution in [0.4, 0.5) is 5.69 Å². The zero-order chi connectivity index (χ0) is 14.9. The van der Waals surface area contributed by atoms with Gasteiger partial charge >= 0.3 is 0 Å². The van der Waals surface area contributed by atoms with Gasteiger partial charge in [0.2, 0.25) is 5.88 Å². The summed E-state index contributed by atoms with van der Waals surface area (Å²) in [6.07, 6.45) is 4.73. The normalized spacial score (nSPS) is 14.1. The second-order valence-electron chi connectivity index (χ2n) is 5.00. The summed E-state index contributed by atoms with van der Waals surface area (Å²) in [6, 6.07) is 8.86. The van der Waals surface area contributed by atoms with Gasteiger partial charge in [-0.25, -0.2) is 13.4 Å². The van der Waals surface area contributed by atoms with Gasteiger partial charge < -0.3 is 10.1 Å². The monoisotopic (exact) mass is 304 g/mol. The number of rotatable bonds is 3. The van der Waals surface area contributed by atoms with E-state index in [4.69, 9.17) is 4.74 Å². The van der Waals surface area contributed by atoms with Gasteiger partial charge in [0.1, 0.15) is 4.90 Å². The van der Waals surface area contributed by atoms with Crippen molar-refractivity contribution < 1.29 is 13.2 Å². The van der Waals surface area contributed by atoms with Gasteiger partial charge in [0.25, 0.3) is 0 Å². The summed E-state index contributed by atoms with van der Waals surface area (Å²) in [5.74, 6) is 0.719. The van der Waals surface area contributed by atoms with Crippen molar-refractivity contribution in [2.45, 2.75) is 17.7 Å². The highest BCUT2D eigenvalue weighted by atomic mass is 32.2. The lowest BCUT2D eigenvalue weighted by atomic mass is 10.0. The Bertz CT molecular complexity index is 772. The molecule has 0 saturated carbocycles. The van der Waals surface area contributed by atoms with Crippen LogP contribution in [0.15, 0.2) is 41.4 Å². The standard InChI is InChI=1S/C15H16N2O3S/c1-21(18,19)13-8-4-10-17-15(13)20-12-7-2-5-11-6-3-9-16-14(11)12/h2,4-5,7-8,10,16H,3,6,9H2,1H3. The minimum Gasteiger partial charge on any atom is -0.436 e. The number of hydrogen-bond donors (Lipinski definition) is 1. The summed E-state index contributed by atoms with van der Waals surface area (Å²) >= 11 is 0. The zero-order valence-corrected chi connectivity index (χ0v) is 12.5. The molecule has 1 aromatic carbocycles. The predicted octanol–water partition coefficient (Wildman–Crippen LogP) is 2.64. The van der Waals surface area contributed by atoms with Crippen LogP contribution in [0.5, 0.6) is 11.6 Å². The first-order chi connectivity index (χ1) is 10.1. The Hall–Kier alpha value is -2.08. The summed E-state index contributed by atoms with van der Waals surface area (Å²) in [5, 5.41) is 3.31. The molecule has 6 heteroatoms. The van der Waals surface area contributed by atoms with Gasteiger partial charge in [-0.1, -0.05) is 12.1 Å². The Kier molecular flexibility index (Phi) is 3.55. The zero-order valence-electron chi connectivity index (χ0n) is 11.7. The van der Waals surface area contributed by atoms with E-state index < -0.39 is 9.84 Å². The maximum absolute atomic E-state index is 11.8. The molecular formula is C15H16N2O3S. The number of nitrogens with zero attached hydrogens (tertiary/aromatic N) is 1. The van der Waals surface area contributed by atoms with Gasteiger partial charge in [-0.3, -0.25) is 0 Å². The van der Waals surface area contributed by atoms with Crippen molar-refractivity contribution in [3.8, 4) is 11.6 Å². The summed E-state index contributed by atoms with van der Waals surface area (Å²) in [4.78, 5) is 4.16. The van der Waals surface area contributed by atoms with E-state index in [1.54, 1.807) is 6.07 Å². The average molecular weight is 304 g/mol. The predicted molar refractivity (Wildman–Crippen MR) is 80.7 cm³/mol. The van der Waals surface area contributed by atoms with E-state index in [2.05, 4.69) is 10.3 Å². The van der Waals surface area contributed by atoms with Crippen molar-refractivity contribution in [3.63, 3.8) is 0 Å². The maximum atomic E-state index is 11.8. The highest BCUT2D eigenvalue weighted by Crippen LogP contribution is 2.36. The largest absolute Gasteiger partial charge is 0.436 e. The molecule has 110 valence electrons. The van der Waals surface area contributed by atoms with Crippen molar-refractivity contribution in [2.75, 3.05) is 18.1 Å². The number of anilines is 1. The summed E-state index contributed by atoms with van der Waals surface area (Å²) in [6.45, 7) is 0.883. The number of benzene rings is 1. The van der Waals surface area contributed by atoms with Crippen LogP contribution in [0, 0.1) is 0 Å². The number of ether oxygens (including phenoxy) is 1. The molecule has 0 fully saturated rings. The number of para-hydroxylation sites is 1. The fourth-order valence-corrected chi connectivity index (χ4v) is 3.14. The Labute approximate surface area is 123 Å². The second-order valence-corrected chi connectivity index (χ2v) is 6.99. The molecule has 3 rings (SSSR count). The van der Waals surface area contributed by atoms with Crippen LogP contribution in [0.1, 0.15) is 12.0 Å². The van der Waals surface area contributed by atoms with Gasteiger partial charge in [-0.15, -0.1) is 0 Å². The van der Waals surface area contributed by atoms with Crippen LogP contribution in [-0.4, -0.2) is 26.2 Å². The Morgan fingerprint density at radius 1 is 1.24 bits per heavy atom. The van der Waals surface area contributed by atoms with Crippen molar-refractivity contribution >= 4 is 15.5 Å². The Morgan fingerprint density at radius 2 is 2.10 bits per heavy atom. The highest BCUT2D eigenvalue weighted by Gasteiger charge is 2.19. The average Bonchev–Trinajstić information content (AvgIpc) is 2.47. The lowest BCUT2D eigenvalue weighted by Gasteiger charge is -2.21. The van der Waals surface area contributed by atoms with Crippen LogP contribution in [0.2, 0.25) is 0 Å². The van der Waals surface area contributed by atoms with Crippen molar-refractivity contribution in [1.29, 1.82) is 0 Å². The molecule has 1 aromatic heterocycles. The molecule has 0 saturated heterocycles. The van der Waals surface area contributed by atoms with Crippen molar-refractivity contribution in [2.24, 2.45) is 0 Å². The fourth-order valence-electron chi connectivity index (χ4n) is 2.40. The number of pyridine rings is 1. The summed E-state index contributed by atoms with van der Waals surface area (Å²) in [5.41, 5.74) is 2.10. The molecule has 1 aliphatic rings. The first-order valence-electron chi connectivity index (χ1n) is 6.74. The van der Waals surface area contributed by atoms with E-state index in [0.29, 0.717) is 5.75 Å². The quantitative estimate of drug-likeness (QED) is 0.944. The minimum atomic E-state index is -3.38. The molecule has 0 aliphatic carbocycles. The topological polar surface area (TPSA) is 68.3 Å². The van der Waals surface area contributed by atoms with Crippen LogP contribution in [0.3, 0.4) is 0 Å². The van der Waals surface area contributed by atoms with Gasteiger partial charge in [-0.05, 0) is 36.6 Å². The molecule has 0 amide bonds. The van der Waals surface area contributed by atoms with E-state index in [0.717, 1.165) is 31.3 Å². The molecule has 0 atom stereocenters. The van der Waals surface area contributed by atoms with Gasteiger partial charge in [0, 0.05) is 19.0 Å². The second kappa shape index (κ2) is 5.37. The number of nitrogens with one attached hydrogen (secondary N) is 1. The number of sulfone groups is 1. The summed E-state index contributed by atoms with van der Waals surface area (Å²) in [7, 11) is -3.38. The molecular weight excluding hydrogens is 288 g/mol. The van der Waals surface area contributed by atoms with Crippen molar-refractivity contribution in [3.05, 3.63) is 42.1 Å². The Morgan fingerprint density at radius 3 is 2.90 bits per heavy atom. The van der Waals surface area contributed by atoms with Crippen LogP contribution >= 0.6 is 0 Å². The van der Waals surface area contributed by atoms with E-state index >= 15 is 0 Å². The van der Waals surface area contributed by atoms with Crippen LogP contribution in [-0.2, 0) is 16.3 Å². The first kappa shape index (κ1) is 13.9. The minimum absolute atomic E-state index is 0.0958. The molecule has 2 aromatic rings. The molecule has 0 bridgehead atoms. The van der Waals surface area contributed by atoms with E-state index in [9.17, 15) is 8.42 Å². The molecule has 0 unspecified atom stereocenters. The molecule has 2 heterocycles. The highest BCUT2D eigenvalue weighted by molar-refractivity contribution is 7.90. The third kappa shape index (κ3) is 2.85. The molecule has 1 N–H and O–H groups in total. The first-order valence-corrected chi connectivity index (χ1v) is 8.63. The van der Waals surface area contributed by atoms with E-state index in [1.807, 2.05) is 18.2 Å². The molecule has 1 aliphatic heterocycles. The third-order valence-corrected chi connectivity index (χ3v) is 4.49. The number of aromatic nitrogens is 1. The number of aryl methyl sites for hydroxylation is 1. The smallest absolute Gasteiger partial charge is 0.238 e. The van der Waals surface area contributed by atoms with Gasteiger partial charge in [0.15, 0.2) is 15.6 Å². The van der Waals surface area contributed by atoms with E-state index in [-0.39, 0.29) is 10.8 Å². The third-order valence-electron chi connectivity index (χ3n) is 3.38. The Balaban J connectivity index is 2.03. The van der Waals surface area contributed by atoms with Crippen molar-refractivity contribution in [1.82, 2.24) is 4.98 Å². The van der Waals surface area contributed by atoms with E-state index in [1.165, 1.54) is 17.8 Å². The van der Waals surface area contributed by atoms with Gasteiger partial charge in [-0.2, -0.15) is 0 Å². The lowest BCUT2D eigenvalue weighted by Crippen LogP contribution is -2.12. The summed E-state index contributed by atoms with van der Waals surface area (Å²) < 4.78 is 29.4. The maximum Gasteiger partial charge on any atom is 0.238 e. The number of fused-ring (bicyclic) bond motifs is 1. The SMILES string of the molecule is CS(=O)(=O)c1cccnc1Oc1cccc2c1NCCC2. The number of hydrogen-bond acceptors (Lipinski definition) is 5. The van der Waals surface area contributed by atoms with Crippen LogP contribution < -0.4 is 10.1 Å². The fraction of sp³-hybridized carbons (Fsp3) is 0.267. The van der Waals surface area contributed by atoms with Crippen LogP contribution in [0.25, 0.3) is 0 Å². The molecule has 21 heavy (non-hydrogen) atoms. The van der Waals surface area contributed by atoms with Gasteiger partial charge in [0.05, 0.1) is 5.69 Å². The molecule has 5 nitrogen and oxygen atoms in total. The lowest BCUT2D eigenvalue weighted by molar-refractivity contribution is 0.448.